The number of amides is 1. The van der Waals surface area contributed by atoms with E-state index in [1.165, 1.54) is 0 Å². The maximum absolute atomic E-state index is 12.8. The van der Waals surface area contributed by atoms with E-state index in [1.54, 1.807) is 30.3 Å². The van der Waals surface area contributed by atoms with E-state index in [1.807, 2.05) is 24.1 Å². The summed E-state index contributed by atoms with van der Waals surface area (Å²) in [6.45, 7) is 1.21. The van der Waals surface area contributed by atoms with Gasteiger partial charge in [0.1, 0.15) is 0 Å². The first-order valence-corrected chi connectivity index (χ1v) is 8.70. The predicted molar refractivity (Wildman–Crippen MR) is 99.1 cm³/mol. The highest BCUT2D eigenvalue weighted by molar-refractivity contribution is 6.42. The SMILES string of the molecule is CNC1CN(C(=O)c2ccc(C#N)cc2)CC1c1ccc(Cl)c(Cl)c1. The lowest BCUT2D eigenvalue weighted by Gasteiger charge is -2.18. The van der Waals surface area contributed by atoms with Gasteiger partial charge in [-0.1, -0.05) is 29.3 Å². The van der Waals surface area contributed by atoms with Crippen molar-refractivity contribution in [2.75, 3.05) is 20.1 Å². The summed E-state index contributed by atoms with van der Waals surface area (Å²) in [4.78, 5) is 14.6. The first kappa shape index (κ1) is 17.8. The van der Waals surface area contributed by atoms with E-state index in [0.717, 1.165) is 5.56 Å². The van der Waals surface area contributed by atoms with Gasteiger partial charge >= 0.3 is 0 Å². The maximum Gasteiger partial charge on any atom is 0.253 e. The number of carbonyl (C=O) groups excluding carboxylic acids is 1. The third-order valence-electron chi connectivity index (χ3n) is 4.61. The second-order valence-electron chi connectivity index (χ2n) is 6.07. The number of halogens is 2. The minimum absolute atomic E-state index is 0.0349. The molecular formula is C19H17Cl2N3O. The number of likely N-dealkylation sites (N-methyl/N-ethyl adjacent to an activating group) is 1. The molecule has 0 aliphatic carbocycles. The van der Waals surface area contributed by atoms with Crippen LogP contribution in [0.5, 0.6) is 0 Å². The fourth-order valence-electron chi connectivity index (χ4n) is 3.21. The zero-order valence-electron chi connectivity index (χ0n) is 13.7. The van der Waals surface area contributed by atoms with Crippen molar-refractivity contribution in [1.29, 1.82) is 5.26 Å². The van der Waals surface area contributed by atoms with Gasteiger partial charge in [-0.15, -0.1) is 0 Å². The van der Waals surface area contributed by atoms with Crippen molar-refractivity contribution in [2.24, 2.45) is 0 Å². The van der Waals surface area contributed by atoms with Gasteiger partial charge in [0, 0.05) is 30.6 Å². The van der Waals surface area contributed by atoms with Crippen LogP contribution in [0.15, 0.2) is 42.5 Å². The van der Waals surface area contributed by atoms with Crippen molar-refractivity contribution in [2.45, 2.75) is 12.0 Å². The van der Waals surface area contributed by atoms with E-state index in [-0.39, 0.29) is 17.9 Å². The number of hydrogen-bond acceptors (Lipinski definition) is 3. The molecule has 0 radical (unpaired) electrons. The van der Waals surface area contributed by atoms with Gasteiger partial charge in [0.05, 0.1) is 21.7 Å². The van der Waals surface area contributed by atoms with Crippen LogP contribution >= 0.6 is 23.2 Å². The minimum atomic E-state index is -0.0349. The largest absolute Gasteiger partial charge is 0.336 e. The van der Waals surface area contributed by atoms with Crippen LogP contribution in [0.25, 0.3) is 0 Å². The zero-order valence-corrected chi connectivity index (χ0v) is 15.2. The average Bonchev–Trinajstić information content (AvgIpc) is 3.08. The molecule has 1 N–H and O–H groups in total. The van der Waals surface area contributed by atoms with Gasteiger partial charge in [-0.05, 0) is 49.0 Å². The molecule has 0 saturated carbocycles. The highest BCUT2D eigenvalue weighted by atomic mass is 35.5. The van der Waals surface area contributed by atoms with Crippen molar-refractivity contribution >= 4 is 29.1 Å². The summed E-state index contributed by atoms with van der Waals surface area (Å²) in [5.41, 5.74) is 2.19. The van der Waals surface area contributed by atoms with Gasteiger partial charge in [0.15, 0.2) is 0 Å². The van der Waals surface area contributed by atoms with E-state index in [4.69, 9.17) is 28.5 Å². The molecule has 25 heavy (non-hydrogen) atoms. The fraction of sp³-hybridized carbons (Fsp3) is 0.263. The summed E-state index contributed by atoms with van der Waals surface area (Å²) < 4.78 is 0. The second kappa shape index (κ2) is 7.45. The molecule has 2 atom stereocenters. The van der Waals surface area contributed by atoms with Crippen molar-refractivity contribution in [3.05, 3.63) is 69.2 Å². The number of likely N-dealkylation sites (tertiary alicyclic amines) is 1. The Balaban J connectivity index is 1.81. The molecule has 2 aromatic carbocycles. The van der Waals surface area contributed by atoms with E-state index in [2.05, 4.69) is 11.4 Å². The number of carbonyl (C=O) groups is 1. The van der Waals surface area contributed by atoms with Gasteiger partial charge in [-0.3, -0.25) is 4.79 Å². The Bertz CT molecular complexity index is 830. The normalized spacial score (nSPS) is 19.7. The molecule has 4 nitrogen and oxygen atoms in total. The predicted octanol–water partition coefficient (Wildman–Crippen LogP) is 3.69. The second-order valence-corrected chi connectivity index (χ2v) is 6.89. The van der Waals surface area contributed by atoms with Crippen LogP contribution in [0.1, 0.15) is 27.4 Å². The van der Waals surface area contributed by atoms with Crippen molar-refractivity contribution in [1.82, 2.24) is 10.2 Å². The first-order valence-electron chi connectivity index (χ1n) is 7.95. The highest BCUT2D eigenvalue weighted by Crippen LogP contribution is 2.32. The van der Waals surface area contributed by atoms with Crippen LogP contribution in [0, 0.1) is 11.3 Å². The molecule has 1 aliphatic heterocycles. The number of hydrogen-bond donors (Lipinski definition) is 1. The quantitative estimate of drug-likeness (QED) is 0.892. The summed E-state index contributed by atoms with van der Waals surface area (Å²) in [5, 5.41) is 13.2. The Morgan fingerprint density at radius 2 is 1.88 bits per heavy atom. The van der Waals surface area contributed by atoms with E-state index in [0.29, 0.717) is 34.3 Å². The first-order chi connectivity index (χ1) is 12.0. The van der Waals surface area contributed by atoms with Gasteiger partial charge < -0.3 is 10.2 Å². The van der Waals surface area contributed by atoms with Gasteiger partial charge in [-0.2, -0.15) is 5.26 Å². The zero-order chi connectivity index (χ0) is 18.0. The highest BCUT2D eigenvalue weighted by Gasteiger charge is 2.35. The summed E-state index contributed by atoms with van der Waals surface area (Å²) in [5.74, 6) is 0.106. The van der Waals surface area contributed by atoms with Crippen molar-refractivity contribution < 1.29 is 4.79 Å². The lowest BCUT2D eigenvalue weighted by Crippen LogP contribution is -2.34. The minimum Gasteiger partial charge on any atom is -0.336 e. The standard InChI is InChI=1S/C19H17Cl2N3O/c1-23-18-11-24(19(25)13-4-2-12(9-22)3-5-13)10-15(18)14-6-7-16(20)17(21)8-14/h2-8,15,18,23H,10-11H2,1H3. The monoisotopic (exact) mass is 373 g/mol. The molecule has 3 rings (SSSR count). The molecule has 1 heterocycles. The van der Waals surface area contributed by atoms with Crippen molar-refractivity contribution in [3.63, 3.8) is 0 Å². The molecule has 6 heteroatoms. The van der Waals surface area contributed by atoms with Gasteiger partial charge in [0.25, 0.3) is 5.91 Å². The Morgan fingerprint density at radius 1 is 1.16 bits per heavy atom. The lowest BCUT2D eigenvalue weighted by atomic mass is 9.94. The Kier molecular flexibility index (Phi) is 5.29. The maximum atomic E-state index is 12.8. The number of nitriles is 1. The smallest absolute Gasteiger partial charge is 0.253 e. The Morgan fingerprint density at radius 3 is 2.48 bits per heavy atom. The molecule has 1 amide bonds. The molecule has 2 aromatic rings. The molecule has 128 valence electrons. The summed E-state index contributed by atoms with van der Waals surface area (Å²) in [6, 6.07) is 14.5. The molecule has 0 spiro atoms. The van der Waals surface area contributed by atoms with E-state index >= 15 is 0 Å². The molecule has 2 unspecified atom stereocenters. The van der Waals surface area contributed by atoms with Gasteiger partial charge in [0.2, 0.25) is 0 Å². The van der Waals surface area contributed by atoms with Gasteiger partial charge in [-0.25, -0.2) is 0 Å². The third-order valence-corrected chi connectivity index (χ3v) is 5.35. The summed E-state index contributed by atoms with van der Waals surface area (Å²) in [6.07, 6.45) is 0. The number of benzene rings is 2. The molecule has 1 fully saturated rings. The topological polar surface area (TPSA) is 56.1 Å². The summed E-state index contributed by atoms with van der Waals surface area (Å²) in [7, 11) is 1.89. The van der Waals surface area contributed by atoms with E-state index in [9.17, 15) is 4.79 Å². The molecular weight excluding hydrogens is 357 g/mol. The molecule has 0 aromatic heterocycles. The van der Waals surface area contributed by atoms with Crippen LogP contribution in [0.4, 0.5) is 0 Å². The number of nitrogens with one attached hydrogen (secondary N) is 1. The van der Waals surface area contributed by atoms with Crippen LogP contribution in [0.2, 0.25) is 10.0 Å². The Labute approximate surface area is 157 Å². The number of nitrogens with zero attached hydrogens (tertiary/aromatic N) is 2. The average molecular weight is 374 g/mol. The molecule has 1 saturated heterocycles. The Hall–Kier alpha value is -2.06. The molecule has 0 bridgehead atoms. The van der Waals surface area contributed by atoms with Crippen molar-refractivity contribution in [3.8, 4) is 6.07 Å². The fourth-order valence-corrected chi connectivity index (χ4v) is 3.52. The van der Waals surface area contributed by atoms with E-state index < -0.39 is 0 Å². The number of rotatable bonds is 3. The van der Waals surface area contributed by atoms with Crippen LogP contribution in [-0.4, -0.2) is 37.0 Å². The summed E-state index contributed by atoms with van der Waals surface area (Å²) >= 11 is 12.2. The third kappa shape index (κ3) is 3.64. The van der Waals surface area contributed by atoms with Crippen LogP contribution in [-0.2, 0) is 0 Å². The molecule has 1 aliphatic rings. The van der Waals surface area contributed by atoms with Crippen LogP contribution < -0.4 is 5.32 Å². The van der Waals surface area contributed by atoms with Crippen LogP contribution in [0.3, 0.4) is 0 Å². The lowest BCUT2D eigenvalue weighted by molar-refractivity contribution is 0.0788.